The maximum absolute atomic E-state index is 11.3. The number of amides is 1. The third-order valence-electron chi connectivity index (χ3n) is 1.75. The Morgan fingerprint density at radius 2 is 2.27 bits per heavy atom. The fourth-order valence-corrected chi connectivity index (χ4v) is 1.40. The van der Waals surface area contributed by atoms with Crippen LogP contribution >= 0.6 is 15.9 Å². The van der Waals surface area contributed by atoms with Crippen molar-refractivity contribution in [2.45, 2.75) is 6.92 Å². The molecule has 3 nitrogen and oxygen atoms in total. The molecule has 80 valence electrons. The summed E-state index contributed by atoms with van der Waals surface area (Å²) in [6.45, 7) is 1.79. The molecule has 0 spiro atoms. The Labute approximate surface area is 97.3 Å². The van der Waals surface area contributed by atoms with Gasteiger partial charge in [0.1, 0.15) is 5.75 Å². The number of anilines is 1. The molecule has 0 fully saturated rings. The minimum atomic E-state index is -0.161. The van der Waals surface area contributed by atoms with Crippen LogP contribution in [0.25, 0.3) is 0 Å². The van der Waals surface area contributed by atoms with Crippen molar-refractivity contribution in [3.05, 3.63) is 34.8 Å². The fourth-order valence-electron chi connectivity index (χ4n) is 1.05. The van der Waals surface area contributed by atoms with Crippen LogP contribution in [0, 0.1) is 0 Å². The van der Waals surface area contributed by atoms with Crippen LogP contribution in [0.4, 0.5) is 5.69 Å². The Balaban J connectivity index is 2.88. The zero-order valence-electron chi connectivity index (χ0n) is 8.58. The van der Waals surface area contributed by atoms with Crippen LogP contribution in [0.15, 0.2) is 34.8 Å². The zero-order valence-corrected chi connectivity index (χ0v) is 10.2. The van der Waals surface area contributed by atoms with Crippen LogP contribution in [-0.2, 0) is 4.79 Å². The topological polar surface area (TPSA) is 38.3 Å². The van der Waals surface area contributed by atoms with Crippen LogP contribution in [0.1, 0.15) is 6.92 Å². The molecule has 1 N–H and O–H groups in total. The first kappa shape index (κ1) is 11.8. The molecule has 0 bridgehead atoms. The number of allylic oxidation sites excluding steroid dienone is 1. The number of carbonyl (C=O) groups is 1. The van der Waals surface area contributed by atoms with E-state index in [0.29, 0.717) is 11.4 Å². The fraction of sp³-hybridized carbons (Fsp3) is 0.182. The highest BCUT2D eigenvalue weighted by molar-refractivity contribution is 9.10. The van der Waals surface area contributed by atoms with Gasteiger partial charge in [-0.05, 0) is 41.1 Å². The third-order valence-corrected chi connectivity index (χ3v) is 2.44. The number of benzene rings is 1. The first-order valence-electron chi connectivity index (χ1n) is 4.44. The lowest BCUT2D eigenvalue weighted by atomic mass is 10.3. The van der Waals surface area contributed by atoms with Gasteiger partial charge in [-0.2, -0.15) is 0 Å². The average Bonchev–Trinajstić information content (AvgIpc) is 2.21. The number of nitrogens with one attached hydrogen (secondary N) is 1. The van der Waals surface area contributed by atoms with Gasteiger partial charge >= 0.3 is 0 Å². The molecule has 1 aromatic rings. The van der Waals surface area contributed by atoms with Gasteiger partial charge in [0, 0.05) is 10.5 Å². The molecule has 0 aliphatic heterocycles. The number of hydrogen-bond donors (Lipinski definition) is 1. The zero-order chi connectivity index (χ0) is 11.3. The van der Waals surface area contributed by atoms with E-state index in [1.54, 1.807) is 26.2 Å². The highest BCUT2D eigenvalue weighted by Gasteiger charge is 2.04. The van der Waals surface area contributed by atoms with Crippen molar-refractivity contribution in [2.24, 2.45) is 0 Å². The van der Waals surface area contributed by atoms with Gasteiger partial charge in [-0.15, -0.1) is 0 Å². The lowest BCUT2D eigenvalue weighted by Gasteiger charge is -2.07. The van der Waals surface area contributed by atoms with E-state index in [4.69, 9.17) is 4.74 Å². The number of methoxy groups -OCH3 is 1. The molecule has 0 heterocycles. The minimum Gasteiger partial charge on any atom is -0.497 e. The first-order valence-corrected chi connectivity index (χ1v) is 5.24. The van der Waals surface area contributed by atoms with Crippen molar-refractivity contribution in [1.82, 2.24) is 0 Å². The minimum absolute atomic E-state index is 0.161. The van der Waals surface area contributed by atoms with Gasteiger partial charge in [-0.25, -0.2) is 0 Å². The molecule has 0 aliphatic carbocycles. The Morgan fingerprint density at radius 3 is 2.87 bits per heavy atom. The van der Waals surface area contributed by atoms with E-state index in [2.05, 4.69) is 21.2 Å². The number of halogens is 1. The van der Waals surface area contributed by atoms with Crippen LogP contribution in [0.2, 0.25) is 0 Å². The molecule has 0 radical (unpaired) electrons. The number of ether oxygens (including phenoxy) is 1. The molecule has 0 unspecified atom stereocenters. The van der Waals surface area contributed by atoms with E-state index >= 15 is 0 Å². The molecule has 15 heavy (non-hydrogen) atoms. The van der Waals surface area contributed by atoms with Crippen molar-refractivity contribution in [3.63, 3.8) is 0 Å². The SMILES string of the molecule is CC=CC(=O)Nc1cc(OC)ccc1Br. The number of hydrogen-bond acceptors (Lipinski definition) is 2. The van der Waals surface area contributed by atoms with Crippen molar-refractivity contribution in [1.29, 1.82) is 0 Å². The van der Waals surface area contributed by atoms with Crippen molar-refractivity contribution >= 4 is 27.5 Å². The standard InChI is InChI=1S/C11H12BrNO2/c1-3-4-11(14)13-10-7-8(15-2)5-6-9(10)12/h3-7H,1-2H3,(H,13,14). The summed E-state index contributed by atoms with van der Waals surface area (Å²) in [7, 11) is 1.58. The first-order chi connectivity index (χ1) is 7.17. The molecule has 0 aliphatic rings. The number of carbonyl (C=O) groups excluding carboxylic acids is 1. The summed E-state index contributed by atoms with van der Waals surface area (Å²) in [4.78, 5) is 11.3. The van der Waals surface area contributed by atoms with Crippen LogP contribution < -0.4 is 10.1 Å². The van der Waals surface area contributed by atoms with Gasteiger partial charge in [0.2, 0.25) is 5.91 Å². The predicted molar refractivity (Wildman–Crippen MR) is 64.1 cm³/mol. The molecule has 1 amide bonds. The van der Waals surface area contributed by atoms with Gasteiger partial charge in [0.15, 0.2) is 0 Å². The van der Waals surface area contributed by atoms with Crippen LogP contribution in [0.5, 0.6) is 5.75 Å². The predicted octanol–water partition coefficient (Wildman–Crippen LogP) is 2.97. The molecular formula is C11H12BrNO2. The van der Waals surface area contributed by atoms with Gasteiger partial charge in [0.25, 0.3) is 0 Å². The second-order valence-electron chi connectivity index (χ2n) is 2.84. The molecule has 1 rings (SSSR count). The molecule has 1 aromatic carbocycles. The van der Waals surface area contributed by atoms with Crippen LogP contribution in [-0.4, -0.2) is 13.0 Å². The lowest BCUT2D eigenvalue weighted by molar-refractivity contribution is -0.111. The molecule has 0 saturated heterocycles. The van der Waals surface area contributed by atoms with E-state index in [-0.39, 0.29) is 5.91 Å². The summed E-state index contributed by atoms with van der Waals surface area (Å²) in [5.74, 6) is 0.542. The highest BCUT2D eigenvalue weighted by Crippen LogP contribution is 2.26. The molecule has 0 aromatic heterocycles. The van der Waals surface area contributed by atoms with Crippen LogP contribution in [0.3, 0.4) is 0 Å². The van der Waals surface area contributed by atoms with Gasteiger partial charge in [0.05, 0.1) is 12.8 Å². The maximum atomic E-state index is 11.3. The summed E-state index contributed by atoms with van der Waals surface area (Å²) < 4.78 is 5.88. The second-order valence-corrected chi connectivity index (χ2v) is 3.69. The maximum Gasteiger partial charge on any atom is 0.248 e. The quantitative estimate of drug-likeness (QED) is 0.857. The summed E-state index contributed by atoms with van der Waals surface area (Å²) in [6, 6.07) is 5.39. The Hall–Kier alpha value is -1.29. The van der Waals surface area contributed by atoms with Crippen molar-refractivity contribution in [3.8, 4) is 5.75 Å². The van der Waals surface area contributed by atoms with Gasteiger partial charge in [-0.1, -0.05) is 6.08 Å². The normalized spacial score (nSPS) is 10.3. The highest BCUT2D eigenvalue weighted by atomic mass is 79.9. The summed E-state index contributed by atoms with van der Waals surface area (Å²) in [5, 5.41) is 2.73. The lowest BCUT2D eigenvalue weighted by Crippen LogP contribution is -2.08. The van der Waals surface area contributed by atoms with E-state index in [9.17, 15) is 4.79 Å². The Morgan fingerprint density at radius 1 is 1.53 bits per heavy atom. The summed E-state index contributed by atoms with van der Waals surface area (Å²) in [5.41, 5.74) is 0.692. The number of rotatable bonds is 3. The van der Waals surface area contributed by atoms with Crippen molar-refractivity contribution < 1.29 is 9.53 Å². The monoisotopic (exact) mass is 269 g/mol. The summed E-state index contributed by atoms with van der Waals surface area (Å²) >= 11 is 3.34. The average molecular weight is 270 g/mol. The smallest absolute Gasteiger partial charge is 0.248 e. The third kappa shape index (κ3) is 3.40. The molecular weight excluding hydrogens is 258 g/mol. The van der Waals surface area contributed by atoms with E-state index in [0.717, 1.165) is 4.47 Å². The van der Waals surface area contributed by atoms with E-state index in [1.165, 1.54) is 6.08 Å². The van der Waals surface area contributed by atoms with Crippen molar-refractivity contribution in [2.75, 3.05) is 12.4 Å². The molecule has 0 atom stereocenters. The second kappa shape index (κ2) is 5.56. The van der Waals surface area contributed by atoms with E-state index < -0.39 is 0 Å². The van der Waals surface area contributed by atoms with Gasteiger partial charge < -0.3 is 10.1 Å². The molecule has 4 heteroatoms. The van der Waals surface area contributed by atoms with E-state index in [1.807, 2.05) is 12.1 Å². The Bertz CT molecular complexity index is 388. The Kier molecular flexibility index (Phi) is 4.37. The summed E-state index contributed by atoms with van der Waals surface area (Å²) in [6.07, 6.45) is 3.15. The largest absolute Gasteiger partial charge is 0.497 e. The van der Waals surface area contributed by atoms with Gasteiger partial charge in [-0.3, -0.25) is 4.79 Å². The molecule has 0 saturated carbocycles.